The van der Waals surface area contributed by atoms with Crippen molar-refractivity contribution in [2.24, 2.45) is 0 Å². The second-order valence-electron chi connectivity index (χ2n) is 21.3. The summed E-state index contributed by atoms with van der Waals surface area (Å²) in [5.74, 6) is -0.900. The van der Waals surface area contributed by atoms with E-state index in [2.05, 4.69) is 106 Å². The van der Waals surface area contributed by atoms with Crippen LogP contribution in [0, 0.1) is 0 Å². The summed E-state index contributed by atoms with van der Waals surface area (Å²) in [4.78, 5) is 38.2. The van der Waals surface area contributed by atoms with Gasteiger partial charge in [-0.25, -0.2) is 0 Å². The Labute approximate surface area is 465 Å². The van der Waals surface area contributed by atoms with Crippen LogP contribution in [0.1, 0.15) is 316 Å². The molecule has 432 valence electrons. The Kier molecular flexibility index (Phi) is 60.3. The molecule has 1 atom stereocenters. The number of unbranched alkanes of at least 4 members (excludes halogenated alkanes) is 33. The standard InChI is InChI=1S/C69H120O6/c1-4-7-10-13-16-19-22-24-26-28-30-31-32-33-34-35-36-37-39-40-42-44-47-50-53-56-59-62-68(71)74-65-66(64-73-67(70)61-58-55-52-49-46-21-18-15-12-9-6-3)75-69(72)63-60-57-54-51-48-45-43-41-38-29-27-25-23-20-17-14-11-8-5-2/h15,17-18,20,22,24-25,27-28,30,32-33,38,41,66H,4-14,16,19,21,23,26,29,31,34-37,39-40,42-65H2,1-3H3/b18-15-,20-17-,24-22-,27-25-,30-28-,33-32-,41-38-. The van der Waals surface area contributed by atoms with E-state index in [1.165, 1.54) is 173 Å². The van der Waals surface area contributed by atoms with Crippen molar-refractivity contribution in [3.63, 3.8) is 0 Å². The van der Waals surface area contributed by atoms with E-state index >= 15 is 0 Å². The Balaban J connectivity index is 4.27. The van der Waals surface area contributed by atoms with E-state index in [0.29, 0.717) is 19.3 Å². The fourth-order valence-electron chi connectivity index (χ4n) is 8.97. The Bertz CT molecular complexity index is 1430. The van der Waals surface area contributed by atoms with Crippen LogP contribution in [0.2, 0.25) is 0 Å². The summed E-state index contributed by atoms with van der Waals surface area (Å²) in [5, 5.41) is 0. The van der Waals surface area contributed by atoms with Gasteiger partial charge in [0, 0.05) is 19.3 Å². The molecule has 75 heavy (non-hydrogen) atoms. The first kappa shape index (κ1) is 71.6. The van der Waals surface area contributed by atoms with Gasteiger partial charge in [0.1, 0.15) is 13.2 Å². The molecule has 0 N–H and O–H groups in total. The number of ether oxygens (including phenoxy) is 3. The van der Waals surface area contributed by atoms with E-state index < -0.39 is 6.10 Å². The Morgan fingerprint density at radius 2 is 0.493 bits per heavy atom. The fourth-order valence-corrected chi connectivity index (χ4v) is 8.97. The van der Waals surface area contributed by atoms with Crippen LogP contribution in [0.4, 0.5) is 0 Å². The van der Waals surface area contributed by atoms with E-state index in [9.17, 15) is 14.4 Å². The number of hydrogen-bond donors (Lipinski definition) is 0. The molecule has 0 saturated carbocycles. The minimum Gasteiger partial charge on any atom is -0.462 e. The zero-order valence-electron chi connectivity index (χ0n) is 49.6. The van der Waals surface area contributed by atoms with Crippen LogP contribution in [-0.4, -0.2) is 37.2 Å². The number of allylic oxidation sites excluding steroid dienone is 14. The van der Waals surface area contributed by atoms with E-state index in [0.717, 1.165) is 103 Å². The van der Waals surface area contributed by atoms with Gasteiger partial charge in [-0.2, -0.15) is 0 Å². The van der Waals surface area contributed by atoms with Crippen molar-refractivity contribution in [1.82, 2.24) is 0 Å². The predicted octanol–water partition coefficient (Wildman–Crippen LogP) is 21.9. The normalized spacial score (nSPS) is 12.6. The SMILES string of the molecule is CCCC/C=C\CCCCCCCC(=O)OCC(COC(=O)CCCCCCCCCCCCCC/C=C\C/C=C\C/C=C\CCCCCCC)OC(=O)CCCCCCCC/C=C\C/C=C\C/C=C\CCCCC. The molecule has 0 radical (unpaired) electrons. The van der Waals surface area contributed by atoms with Gasteiger partial charge in [-0.1, -0.05) is 266 Å². The van der Waals surface area contributed by atoms with Crippen molar-refractivity contribution >= 4 is 17.9 Å². The number of rotatable bonds is 58. The maximum Gasteiger partial charge on any atom is 0.306 e. The van der Waals surface area contributed by atoms with E-state index in [1.54, 1.807) is 0 Å². The molecule has 6 nitrogen and oxygen atoms in total. The Morgan fingerprint density at radius 3 is 0.827 bits per heavy atom. The number of carbonyl (C=O) groups is 3. The first-order chi connectivity index (χ1) is 37.0. The molecular formula is C69H120O6. The maximum absolute atomic E-state index is 12.9. The molecular weight excluding hydrogens is 925 g/mol. The van der Waals surface area contributed by atoms with Crippen molar-refractivity contribution in [1.29, 1.82) is 0 Å². The summed E-state index contributed by atoms with van der Waals surface area (Å²) in [7, 11) is 0. The molecule has 0 rings (SSSR count). The van der Waals surface area contributed by atoms with Gasteiger partial charge in [-0.05, 0) is 116 Å². The Morgan fingerprint density at radius 1 is 0.267 bits per heavy atom. The minimum absolute atomic E-state index is 0.0846. The van der Waals surface area contributed by atoms with Gasteiger partial charge in [0.2, 0.25) is 0 Å². The van der Waals surface area contributed by atoms with Gasteiger partial charge < -0.3 is 14.2 Å². The van der Waals surface area contributed by atoms with Crippen LogP contribution in [0.25, 0.3) is 0 Å². The van der Waals surface area contributed by atoms with Crippen LogP contribution < -0.4 is 0 Å². The maximum atomic E-state index is 12.9. The molecule has 6 heteroatoms. The number of hydrogen-bond acceptors (Lipinski definition) is 6. The lowest BCUT2D eigenvalue weighted by atomic mass is 10.0. The molecule has 0 aliphatic carbocycles. The summed E-state index contributed by atoms with van der Waals surface area (Å²) < 4.78 is 16.9. The second kappa shape index (κ2) is 63.1. The smallest absolute Gasteiger partial charge is 0.306 e. The fraction of sp³-hybridized carbons (Fsp3) is 0.754. The predicted molar refractivity (Wildman–Crippen MR) is 325 cm³/mol. The zero-order valence-corrected chi connectivity index (χ0v) is 49.6. The van der Waals surface area contributed by atoms with Crippen molar-refractivity contribution in [3.8, 4) is 0 Å². The molecule has 0 fully saturated rings. The average Bonchev–Trinajstić information content (AvgIpc) is 3.41. The third-order valence-electron chi connectivity index (χ3n) is 13.8. The van der Waals surface area contributed by atoms with Crippen LogP contribution in [0.3, 0.4) is 0 Å². The highest BCUT2D eigenvalue weighted by atomic mass is 16.6. The topological polar surface area (TPSA) is 78.9 Å². The van der Waals surface area contributed by atoms with Crippen LogP contribution in [0.15, 0.2) is 85.1 Å². The van der Waals surface area contributed by atoms with Crippen molar-refractivity contribution in [3.05, 3.63) is 85.1 Å². The van der Waals surface area contributed by atoms with Gasteiger partial charge in [-0.15, -0.1) is 0 Å². The number of esters is 3. The van der Waals surface area contributed by atoms with Crippen molar-refractivity contribution in [2.75, 3.05) is 13.2 Å². The first-order valence-corrected chi connectivity index (χ1v) is 32.1. The summed E-state index contributed by atoms with van der Waals surface area (Å²) >= 11 is 0. The molecule has 0 spiro atoms. The van der Waals surface area contributed by atoms with Gasteiger partial charge >= 0.3 is 17.9 Å². The summed E-state index contributed by atoms with van der Waals surface area (Å²) in [6.45, 7) is 6.57. The summed E-state index contributed by atoms with van der Waals surface area (Å²) in [6.07, 6.45) is 83.0. The van der Waals surface area contributed by atoms with Crippen LogP contribution in [-0.2, 0) is 28.6 Å². The summed E-state index contributed by atoms with van der Waals surface area (Å²) in [6, 6.07) is 0. The first-order valence-electron chi connectivity index (χ1n) is 32.1. The second-order valence-corrected chi connectivity index (χ2v) is 21.3. The third-order valence-corrected chi connectivity index (χ3v) is 13.8. The van der Waals surface area contributed by atoms with Crippen molar-refractivity contribution in [2.45, 2.75) is 322 Å². The minimum atomic E-state index is -0.788. The van der Waals surface area contributed by atoms with Gasteiger partial charge in [-0.3, -0.25) is 14.4 Å². The molecule has 0 heterocycles. The molecule has 0 aromatic rings. The molecule has 0 saturated heterocycles. The molecule has 0 bridgehead atoms. The Hall–Kier alpha value is -3.41. The van der Waals surface area contributed by atoms with E-state index in [1.807, 2.05) is 0 Å². The lowest BCUT2D eigenvalue weighted by Gasteiger charge is -2.18. The monoisotopic (exact) mass is 1040 g/mol. The lowest BCUT2D eigenvalue weighted by molar-refractivity contribution is -0.167. The van der Waals surface area contributed by atoms with Crippen LogP contribution >= 0.6 is 0 Å². The highest BCUT2D eigenvalue weighted by Gasteiger charge is 2.19. The van der Waals surface area contributed by atoms with E-state index in [4.69, 9.17) is 14.2 Å². The summed E-state index contributed by atoms with van der Waals surface area (Å²) in [5.41, 5.74) is 0. The largest absolute Gasteiger partial charge is 0.462 e. The quantitative estimate of drug-likeness (QED) is 0.0261. The molecule has 0 aromatic heterocycles. The van der Waals surface area contributed by atoms with E-state index in [-0.39, 0.29) is 31.1 Å². The van der Waals surface area contributed by atoms with Crippen LogP contribution in [0.5, 0.6) is 0 Å². The van der Waals surface area contributed by atoms with Crippen molar-refractivity contribution < 1.29 is 28.6 Å². The third kappa shape index (κ3) is 61.3. The molecule has 0 aliphatic rings. The molecule has 1 unspecified atom stereocenters. The molecule has 0 aliphatic heterocycles. The van der Waals surface area contributed by atoms with Gasteiger partial charge in [0.15, 0.2) is 6.10 Å². The number of carbonyl (C=O) groups excluding carboxylic acids is 3. The highest BCUT2D eigenvalue weighted by molar-refractivity contribution is 5.71. The average molecular weight is 1050 g/mol. The molecule has 0 amide bonds. The van der Waals surface area contributed by atoms with Gasteiger partial charge in [0.05, 0.1) is 0 Å². The molecule has 0 aromatic carbocycles. The lowest BCUT2D eigenvalue weighted by Crippen LogP contribution is -2.30. The van der Waals surface area contributed by atoms with Gasteiger partial charge in [0.25, 0.3) is 0 Å². The highest BCUT2D eigenvalue weighted by Crippen LogP contribution is 2.16. The zero-order chi connectivity index (χ0) is 54.3.